The molecule has 0 aromatic heterocycles. The molecule has 0 N–H and O–H groups in total. The molecule has 0 aliphatic rings. The van der Waals surface area contributed by atoms with E-state index in [1.54, 1.807) is 0 Å². The van der Waals surface area contributed by atoms with Gasteiger partial charge in [0.1, 0.15) is 0 Å². The topological polar surface area (TPSA) is 0 Å². The van der Waals surface area contributed by atoms with Crippen molar-refractivity contribution in [3.63, 3.8) is 0 Å². The molecular weight excluding hydrogens is 324 g/mol. The highest BCUT2D eigenvalue weighted by atomic mass is 19.4. The predicted molar refractivity (Wildman–Crippen MR) is 51.5 cm³/mol. The molecule has 126 valence electrons. The van der Waals surface area contributed by atoms with Crippen molar-refractivity contribution in [1.82, 2.24) is 0 Å². The summed E-state index contributed by atoms with van der Waals surface area (Å²) in [5.41, 5.74) is -2.60. The molecule has 0 aliphatic heterocycles. The summed E-state index contributed by atoms with van der Waals surface area (Å²) >= 11 is 0. The molecule has 0 bridgehead atoms. The third kappa shape index (κ3) is 9.33. The molecule has 0 heterocycles. The summed E-state index contributed by atoms with van der Waals surface area (Å²) in [7, 11) is 0. The van der Waals surface area contributed by atoms with Gasteiger partial charge in [0.25, 0.3) is 0 Å². The van der Waals surface area contributed by atoms with Gasteiger partial charge in [-0.15, -0.1) is 0 Å². The maximum atomic E-state index is 12.0. The molecule has 20 heavy (non-hydrogen) atoms. The zero-order valence-corrected chi connectivity index (χ0v) is 9.03. The minimum absolute atomic E-state index is 0. The number of hydrogen-bond donors (Lipinski definition) is 0. The highest BCUT2D eigenvalue weighted by Gasteiger charge is 2.35. The van der Waals surface area contributed by atoms with Crippen LogP contribution < -0.4 is 0 Å². The number of alkyl halides is 6. The van der Waals surface area contributed by atoms with Crippen LogP contribution in [0.3, 0.4) is 0 Å². The second kappa shape index (κ2) is 11.2. The Morgan fingerprint density at radius 3 is 1.00 bits per heavy atom. The van der Waals surface area contributed by atoms with Gasteiger partial charge >= 0.3 is 12.4 Å². The third-order valence-corrected chi connectivity index (χ3v) is 1.52. The third-order valence-electron chi connectivity index (χ3n) is 1.52. The van der Waals surface area contributed by atoms with Crippen molar-refractivity contribution in [2.24, 2.45) is 0 Å². The quantitative estimate of drug-likeness (QED) is 0.607. The molecule has 0 unspecified atom stereocenters. The molecular formula is C8H10F12. The van der Waals surface area contributed by atoms with Crippen molar-refractivity contribution in [2.75, 3.05) is 0 Å². The Morgan fingerprint density at radius 2 is 0.800 bits per heavy atom. The van der Waals surface area contributed by atoms with Crippen LogP contribution in [-0.4, -0.2) is 0 Å². The van der Waals surface area contributed by atoms with Crippen LogP contribution in [-0.2, 0) is 12.4 Å². The lowest BCUT2D eigenvalue weighted by atomic mass is 10.1. The highest BCUT2D eigenvalue weighted by molar-refractivity contribution is 5.27. The van der Waals surface area contributed by atoms with Crippen LogP contribution in [0.5, 0.6) is 0 Å². The minimum Gasteiger partial charge on any atom is -0.269 e. The van der Waals surface area contributed by atoms with Crippen LogP contribution >= 0.6 is 0 Å². The molecule has 0 atom stereocenters. The van der Waals surface area contributed by atoms with Gasteiger partial charge in [-0.1, -0.05) is 6.07 Å². The van der Waals surface area contributed by atoms with Crippen LogP contribution in [0.25, 0.3) is 0 Å². The largest absolute Gasteiger partial charge is 0.416 e. The molecule has 0 nitrogen and oxygen atoms in total. The van der Waals surface area contributed by atoms with E-state index in [1.165, 1.54) is 0 Å². The lowest BCUT2D eigenvalue weighted by Gasteiger charge is -2.10. The van der Waals surface area contributed by atoms with Crippen molar-refractivity contribution in [1.29, 1.82) is 0 Å². The highest BCUT2D eigenvalue weighted by Crippen LogP contribution is 2.34. The predicted octanol–water partition coefficient (Wildman–Crippen LogP) is 4.64. The average molecular weight is 334 g/mol. The van der Waals surface area contributed by atoms with Crippen molar-refractivity contribution >= 4 is 0 Å². The molecule has 0 saturated heterocycles. The first-order valence-electron chi connectivity index (χ1n) is 3.46. The lowest BCUT2D eigenvalue weighted by Crippen LogP contribution is -2.09. The monoisotopic (exact) mass is 334 g/mol. The summed E-state index contributed by atoms with van der Waals surface area (Å²) in [6, 6.07) is 2.00. The molecule has 0 aliphatic carbocycles. The van der Waals surface area contributed by atoms with E-state index in [0.29, 0.717) is 12.1 Å². The smallest absolute Gasteiger partial charge is 0.269 e. The maximum Gasteiger partial charge on any atom is 0.416 e. The van der Waals surface area contributed by atoms with E-state index in [4.69, 9.17) is 0 Å². The molecule has 1 aromatic rings. The Labute approximate surface area is 104 Å². The summed E-state index contributed by atoms with van der Waals surface area (Å²) < 4.78 is 71.9. The molecule has 0 radical (unpaired) electrons. The summed E-state index contributed by atoms with van der Waals surface area (Å²) in [5, 5.41) is 0. The molecule has 1 aromatic carbocycles. The van der Waals surface area contributed by atoms with Gasteiger partial charge in [-0.05, 0) is 18.2 Å². The zero-order valence-electron chi connectivity index (χ0n) is 9.03. The Kier molecular flexibility index (Phi) is 20.3. The molecule has 0 saturated carbocycles. The van der Waals surface area contributed by atoms with Crippen molar-refractivity contribution in [3.05, 3.63) is 35.4 Å². The molecule has 12 heteroatoms. The van der Waals surface area contributed by atoms with Crippen molar-refractivity contribution < 1.29 is 54.6 Å². The van der Waals surface area contributed by atoms with E-state index >= 15 is 0 Å². The van der Waals surface area contributed by atoms with E-state index in [2.05, 4.69) is 0 Å². The lowest BCUT2D eigenvalue weighted by molar-refractivity contribution is -0.143. The molecule has 0 amide bonds. The van der Waals surface area contributed by atoms with E-state index in [1.807, 2.05) is 0 Å². The van der Waals surface area contributed by atoms with Crippen LogP contribution in [0.15, 0.2) is 24.3 Å². The van der Waals surface area contributed by atoms with Crippen LogP contribution in [0.2, 0.25) is 0 Å². The number of halogens is 12. The first-order chi connectivity index (χ1) is 6.21. The first-order valence-corrected chi connectivity index (χ1v) is 3.46. The van der Waals surface area contributed by atoms with Gasteiger partial charge in [-0.3, -0.25) is 28.2 Å². The minimum atomic E-state index is -4.75. The fraction of sp³-hybridized carbons (Fsp3) is 0.250. The fourth-order valence-electron chi connectivity index (χ4n) is 0.872. The van der Waals surface area contributed by atoms with Gasteiger partial charge < -0.3 is 0 Å². The summed E-state index contributed by atoms with van der Waals surface area (Å²) in [6.07, 6.45) is -9.50. The standard InChI is InChI=1S/C8H4F6.6FH/c9-7(10,11)5-2-1-3-6(4-5)8(12,13)14;;;;;;/h1-4H;6*1H. The zero-order chi connectivity index (χ0) is 11.0. The second-order valence-corrected chi connectivity index (χ2v) is 2.58. The number of rotatable bonds is 0. The first kappa shape index (κ1) is 36.2. The Hall–Kier alpha value is -1.62. The van der Waals surface area contributed by atoms with E-state index < -0.39 is 23.5 Å². The number of benzene rings is 1. The summed E-state index contributed by atoms with van der Waals surface area (Å²) in [6.45, 7) is 0. The van der Waals surface area contributed by atoms with Crippen LogP contribution in [0.1, 0.15) is 11.1 Å². The number of hydrogen-bond acceptors (Lipinski definition) is 0. The summed E-state index contributed by atoms with van der Waals surface area (Å²) in [4.78, 5) is 0. The van der Waals surface area contributed by atoms with Gasteiger partial charge in [0, 0.05) is 0 Å². The second-order valence-electron chi connectivity index (χ2n) is 2.58. The van der Waals surface area contributed by atoms with Crippen molar-refractivity contribution in [3.8, 4) is 0 Å². The van der Waals surface area contributed by atoms with Gasteiger partial charge in [-0.25, -0.2) is 0 Å². The van der Waals surface area contributed by atoms with Gasteiger partial charge in [0.2, 0.25) is 0 Å². The molecule has 0 fully saturated rings. The van der Waals surface area contributed by atoms with Gasteiger partial charge in [0.15, 0.2) is 0 Å². The Bertz CT molecular complexity index is 298. The Morgan fingerprint density at radius 1 is 0.550 bits per heavy atom. The van der Waals surface area contributed by atoms with Crippen LogP contribution in [0, 0.1) is 0 Å². The normalized spacial score (nSPS) is 9.10. The van der Waals surface area contributed by atoms with E-state index in [0.717, 1.165) is 6.07 Å². The average Bonchev–Trinajstić information content (AvgIpc) is 2.01. The van der Waals surface area contributed by atoms with Gasteiger partial charge in [-0.2, -0.15) is 26.3 Å². The van der Waals surface area contributed by atoms with Gasteiger partial charge in [0.05, 0.1) is 11.1 Å². The maximum absolute atomic E-state index is 12.0. The SMILES string of the molecule is F.F.F.F.F.F.FC(F)(F)c1cccc(C(F)(F)F)c1. The molecule has 0 spiro atoms. The molecule has 1 rings (SSSR count). The Balaban J connectivity index is -0.0000000817. The summed E-state index contributed by atoms with van der Waals surface area (Å²) in [5.74, 6) is 0. The van der Waals surface area contributed by atoms with Crippen LogP contribution in [0.4, 0.5) is 54.6 Å². The van der Waals surface area contributed by atoms with E-state index in [9.17, 15) is 26.3 Å². The van der Waals surface area contributed by atoms with E-state index in [-0.39, 0.29) is 34.3 Å². The van der Waals surface area contributed by atoms with Crippen molar-refractivity contribution in [2.45, 2.75) is 12.4 Å². The fourth-order valence-corrected chi connectivity index (χ4v) is 0.872.